The third kappa shape index (κ3) is 11.7. The summed E-state index contributed by atoms with van der Waals surface area (Å²) in [7, 11) is 10.9. The summed E-state index contributed by atoms with van der Waals surface area (Å²) < 4.78 is 11.6. The first-order valence-electron chi connectivity index (χ1n) is 49.1. The maximum atomic E-state index is 2.47. The summed E-state index contributed by atoms with van der Waals surface area (Å²) in [6, 6.07) is 103. The van der Waals surface area contributed by atoms with Crippen molar-refractivity contribution in [3.8, 4) is 112 Å². The van der Waals surface area contributed by atoms with Gasteiger partial charge in [-0.3, -0.25) is 0 Å². The number of pyridine rings is 5. The van der Waals surface area contributed by atoms with Gasteiger partial charge in [0.05, 0.1) is 38.6 Å². The first-order chi connectivity index (χ1) is 64.8. The number of aryl methyl sites for hydroxylation is 16. The molecule has 0 N–H and O–H groups in total. The van der Waals surface area contributed by atoms with E-state index in [-0.39, 0.29) is 37.9 Å². The van der Waals surface area contributed by atoms with Crippen LogP contribution in [-0.2, 0) is 92.4 Å². The lowest BCUT2D eigenvalue weighted by atomic mass is 9.50. The smallest absolute Gasteiger partial charge is 0.201 e. The molecule has 0 bridgehead atoms. The molecule has 5 aromatic heterocycles. The Hall–Kier alpha value is -13.6. The molecule has 0 spiro atoms. The van der Waals surface area contributed by atoms with Gasteiger partial charge in [-0.2, -0.15) is 0 Å². The van der Waals surface area contributed by atoms with Gasteiger partial charge in [0.15, 0.2) is 31.0 Å². The summed E-state index contributed by atoms with van der Waals surface area (Å²) in [4.78, 5) is 0. The zero-order valence-corrected chi connectivity index (χ0v) is 82.9. The minimum atomic E-state index is -0.229. The molecular formula is C130H124N5+5. The molecule has 5 atom stereocenters. The van der Waals surface area contributed by atoms with Gasteiger partial charge in [0.1, 0.15) is 35.2 Å². The van der Waals surface area contributed by atoms with E-state index in [0.29, 0.717) is 0 Å². The van der Waals surface area contributed by atoms with Gasteiger partial charge >= 0.3 is 0 Å². The van der Waals surface area contributed by atoms with Crippen LogP contribution in [0.15, 0.2) is 304 Å². The lowest BCUT2D eigenvalue weighted by Crippen LogP contribution is -2.51. The molecular weight excluding hydrogens is 1630 g/mol. The highest BCUT2D eigenvalue weighted by atomic mass is 15.0. The van der Waals surface area contributed by atoms with E-state index < -0.39 is 0 Å². The summed E-state index contributed by atoms with van der Waals surface area (Å²) in [5.74, 6) is 0. The van der Waals surface area contributed by atoms with Gasteiger partial charge in [0, 0.05) is 84.7 Å². The Morgan fingerprint density at radius 1 is 0.237 bits per heavy atom. The lowest BCUT2D eigenvalue weighted by molar-refractivity contribution is -0.661. The van der Waals surface area contributed by atoms with E-state index in [9.17, 15) is 0 Å². The van der Waals surface area contributed by atoms with Crippen molar-refractivity contribution in [2.45, 2.75) is 181 Å². The topological polar surface area (TPSA) is 19.4 Å². The molecule has 10 aliphatic rings. The third-order valence-electron chi connectivity index (χ3n) is 34.6. The van der Waals surface area contributed by atoms with Crippen LogP contribution in [0.25, 0.3) is 112 Å². The molecule has 0 saturated heterocycles. The van der Waals surface area contributed by atoms with E-state index in [4.69, 9.17) is 0 Å². The monoisotopic (exact) mass is 1750 g/mol. The number of hydrogen-bond acceptors (Lipinski definition) is 0. The summed E-state index contributed by atoms with van der Waals surface area (Å²) in [5.41, 5.74) is 66.5. The van der Waals surface area contributed by atoms with Crippen molar-refractivity contribution in [1.82, 2.24) is 0 Å². The molecule has 5 nitrogen and oxygen atoms in total. The molecule has 12 aromatic carbocycles. The predicted octanol–water partition coefficient (Wildman–Crippen LogP) is 27.1. The second-order valence-corrected chi connectivity index (χ2v) is 43.2. The van der Waals surface area contributed by atoms with Gasteiger partial charge in [-0.15, -0.1) is 0 Å². The summed E-state index contributed by atoms with van der Waals surface area (Å²) in [6.45, 7) is 39.5. The Morgan fingerprint density at radius 3 is 1.14 bits per heavy atom. The lowest BCUT2D eigenvalue weighted by Gasteiger charge is -2.50. The van der Waals surface area contributed by atoms with Crippen LogP contribution >= 0.6 is 0 Å². The molecule has 27 rings (SSSR count). The zero-order chi connectivity index (χ0) is 93.7. The van der Waals surface area contributed by atoms with Gasteiger partial charge < -0.3 is 0 Å². The Balaban J connectivity index is 0.0000000954. The van der Waals surface area contributed by atoms with Crippen molar-refractivity contribution in [1.29, 1.82) is 0 Å². The summed E-state index contributed by atoms with van der Waals surface area (Å²) >= 11 is 0. The fourth-order valence-corrected chi connectivity index (χ4v) is 28.2. The summed E-state index contributed by atoms with van der Waals surface area (Å²) in [6.07, 6.45) is 15.4. The average molecular weight is 1760 g/mol. The predicted molar refractivity (Wildman–Crippen MR) is 554 cm³/mol. The van der Waals surface area contributed by atoms with E-state index in [0.717, 1.165) is 19.3 Å². The molecule has 0 aliphatic heterocycles. The molecule has 5 heteroatoms. The average Bonchev–Trinajstić information content (AvgIpc) is 1.51. The molecule has 0 fully saturated rings. The highest BCUT2D eigenvalue weighted by Gasteiger charge is 2.63. The quantitative estimate of drug-likeness (QED) is 0.154. The Bertz CT molecular complexity index is 8030. The van der Waals surface area contributed by atoms with Crippen LogP contribution in [0, 0.1) is 69.2 Å². The first kappa shape index (κ1) is 85.6. The van der Waals surface area contributed by atoms with E-state index in [1.807, 2.05) is 0 Å². The minimum Gasteiger partial charge on any atom is -0.201 e. The van der Waals surface area contributed by atoms with E-state index in [2.05, 4.69) is 480 Å². The van der Waals surface area contributed by atoms with Crippen LogP contribution in [0.1, 0.15) is 205 Å². The number of nitrogens with zero attached hydrogens (tertiary/aromatic N) is 5. The molecule has 0 amide bonds. The third-order valence-corrected chi connectivity index (χ3v) is 34.6. The van der Waals surface area contributed by atoms with Crippen LogP contribution in [0.2, 0.25) is 0 Å². The number of aromatic nitrogens is 5. The number of hydrogen-bond donors (Lipinski definition) is 0. The van der Waals surface area contributed by atoms with E-state index >= 15 is 0 Å². The van der Waals surface area contributed by atoms with Gasteiger partial charge in [0.25, 0.3) is 0 Å². The Labute approximate surface area is 800 Å². The van der Waals surface area contributed by atoms with Crippen LogP contribution in [0.3, 0.4) is 0 Å². The van der Waals surface area contributed by atoms with Crippen molar-refractivity contribution < 1.29 is 22.8 Å². The van der Waals surface area contributed by atoms with Crippen molar-refractivity contribution in [3.05, 3.63) is 454 Å². The highest BCUT2D eigenvalue weighted by molar-refractivity contribution is 5.99. The van der Waals surface area contributed by atoms with Gasteiger partial charge in [-0.05, 0) is 275 Å². The van der Waals surface area contributed by atoms with E-state index in [1.54, 1.807) is 5.56 Å². The van der Waals surface area contributed by atoms with Crippen LogP contribution in [0.4, 0.5) is 0 Å². The van der Waals surface area contributed by atoms with Gasteiger partial charge in [-0.1, -0.05) is 289 Å². The van der Waals surface area contributed by atoms with Crippen molar-refractivity contribution in [2.24, 2.45) is 35.2 Å². The Kier molecular flexibility index (Phi) is 19.1. The standard InChI is InChI=1S/C30H28N.C28H24N.C25H26N.C24H24N.C23H22N/c1-19-13-15-22-23-16-14-20(2)26-27(23)30(25(22)18-19,21-10-7-6-8-11-21)29(3,4)24-12-9-17-31(5)28(24)26;1-18-11-13-22-23-14-12-19(2)25-26(23)28(24(22)16-18,21-9-5-4-6-10-21)17-20-8-7-15-29(3)27(20)25;1-15-9-11-17-18-12-10-16(2)21-22(18)25(5,20(17)14-15)24(3,4)19-8-7-13-26(6)23(19)21;1-15-13-17-11-12-24(3)20-8-6-5-7-18(20)19-10-9-16(2)21(22(19)24)23(17)25(4)14-15;1-14-7-9-17-18-10-8-15(2)20-21(18)23(3,19(17)12-14)13-16-6-5-11-24(4)22(16)20/h6-18H,1-5H3;4-16H,17H2,1-3H3;7-14H,1-6H3;5-10,13-14H,11-12H2,1-4H3;5-12H,13H2,1-4H3/q5*+1. The van der Waals surface area contributed by atoms with Gasteiger partial charge in [0.2, 0.25) is 28.5 Å². The maximum absolute atomic E-state index is 2.47. The molecule has 5 heterocycles. The SMILES string of the molecule is Cc1cc2c([n+](C)c1)-c1c(C)ccc3c1C(C)(CC2)c1ccccc1-3.Cc1ccc2c(c1)C1(C)Cc3ccc[n+](C)c3-c3c(C)ccc-2c31.Cc1ccc2c(c1)C1(C)c3c-2ccc(C)c3-c2c(ccc[n+]2C)C1(C)C.Cc1ccc2c(c1)C1(c3ccccc3)Cc3ccc[n+](C)c3-c3c(C)ccc-2c31.Cc1ccc2c(c1)C1(c3ccccc3)c3c-2ccc(C)c3-c2c(ccc[n+]2C)C1(C)C. The molecule has 135 heavy (non-hydrogen) atoms. The molecule has 664 valence electrons. The fraction of sp³-hybridized carbons (Fsp3) is 0.254. The normalized spacial score (nSPS) is 19.6. The second kappa shape index (κ2) is 30.2. The van der Waals surface area contributed by atoms with Crippen molar-refractivity contribution in [2.75, 3.05) is 0 Å². The van der Waals surface area contributed by atoms with Crippen molar-refractivity contribution in [3.63, 3.8) is 0 Å². The molecule has 17 aromatic rings. The number of rotatable bonds is 2. The zero-order valence-electron chi connectivity index (χ0n) is 82.9. The fourth-order valence-electron chi connectivity index (χ4n) is 28.2. The van der Waals surface area contributed by atoms with Crippen LogP contribution in [-0.4, -0.2) is 0 Å². The van der Waals surface area contributed by atoms with E-state index in [1.165, 1.54) is 263 Å². The van der Waals surface area contributed by atoms with Crippen LogP contribution < -0.4 is 22.8 Å². The number of fused-ring (bicyclic) bond motifs is 25. The minimum absolute atomic E-state index is 0.00986. The van der Waals surface area contributed by atoms with Crippen LogP contribution in [0.5, 0.6) is 0 Å². The van der Waals surface area contributed by atoms with Crippen molar-refractivity contribution >= 4 is 0 Å². The Morgan fingerprint density at radius 2 is 0.600 bits per heavy atom. The highest BCUT2D eigenvalue weighted by Crippen LogP contribution is 2.70. The first-order valence-corrected chi connectivity index (χ1v) is 49.1. The second-order valence-electron chi connectivity index (χ2n) is 43.2. The molecule has 0 saturated carbocycles. The largest absolute Gasteiger partial charge is 0.216 e. The van der Waals surface area contributed by atoms with Gasteiger partial charge in [-0.25, -0.2) is 22.8 Å². The number of benzene rings is 12. The molecule has 5 unspecified atom stereocenters. The summed E-state index contributed by atoms with van der Waals surface area (Å²) in [5, 5.41) is 0. The molecule has 10 aliphatic carbocycles. The maximum Gasteiger partial charge on any atom is 0.216 e. The molecule has 0 radical (unpaired) electrons.